The summed E-state index contributed by atoms with van der Waals surface area (Å²) in [5, 5.41) is 13.3. The van der Waals surface area contributed by atoms with Gasteiger partial charge in [-0.05, 0) is 24.6 Å². The minimum atomic E-state index is -0.557. The summed E-state index contributed by atoms with van der Waals surface area (Å²) in [5.41, 5.74) is 3.58. The first kappa shape index (κ1) is 16.4. The maximum absolute atomic E-state index is 11.8. The number of ether oxygens (including phenoxy) is 2. The molecule has 0 aliphatic rings. The molecule has 24 heavy (non-hydrogen) atoms. The van der Waals surface area contributed by atoms with Gasteiger partial charge in [-0.2, -0.15) is 5.10 Å². The maximum atomic E-state index is 11.8. The smallest absolute Gasteiger partial charge is 0.360 e. The van der Waals surface area contributed by atoms with E-state index in [1.54, 1.807) is 30.7 Å². The number of esters is 1. The van der Waals surface area contributed by atoms with Crippen LogP contribution in [0.1, 0.15) is 21.9 Å². The van der Waals surface area contributed by atoms with Crippen LogP contribution in [0.4, 0.5) is 0 Å². The van der Waals surface area contributed by atoms with E-state index in [1.807, 2.05) is 12.1 Å². The van der Waals surface area contributed by atoms with Gasteiger partial charge in [-0.25, -0.2) is 9.31 Å². The quantitative estimate of drug-likeness (QED) is 0.676. The lowest BCUT2D eigenvalue weighted by atomic mass is 10.1. The van der Waals surface area contributed by atoms with Gasteiger partial charge in [0.2, 0.25) is 0 Å². The van der Waals surface area contributed by atoms with Crippen LogP contribution >= 0.6 is 11.6 Å². The first-order chi connectivity index (χ1) is 11.6. The van der Waals surface area contributed by atoms with Crippen molar-refractivity contribution in [1.82, 2.24) is 19.8 Å². The van der Waals surface area contributed by atoms with E-state index in [-0.39, 0.29) is 5.69 Å². The van der Waals surface area contributed by atoms with Crippen LogP contribution in [-0.4, -0.2) is 40.0 Å². The topological polar surface area (TPSA) is 78.6 Å². The van der Waals surface area contributed by atoms with Crippen molar-refractivity contribution in [2.75, 3.05) is 14.2 Å². The lowest BCUT2D eigenvalue weighted by molar-refractivity contribution is 0.0590. The lowest BCUT2D eigenvalue weighted by Gasteiger charge is -2.05. The van der Waals surface area contributed by atoms with Crippen molar-refractivity contribution in [2.45, 2.75) is 13.5 Å². The Morgan fingerprint density at radius 1 is 1.21 bits per heavy atom. The SMILES string of the molecule is COCc1nn2c(C)c(C(=O)OC)nnc2c1-c1ccc(Cl)cc1. The average Bonchev–Trinajstić information content (AvgIpc) is 2.95. The van der Waals surface area contributed by atoms with Crippen LogP contribution in [0.15, 0.2) is 24.3 Å². The molecule has 0 bridgehead atoms. The fourth-order valence-corrected chi connectivity index (χ4v) is 2.61. The van der Waals surface area contributed by atoms with Crippen LogP contribution in [0.25, 0.3) is 16.8 Å². The van der Waals surface area contributed by atoms with Gasteiger partial charge in [0.15, 0.2) is 11.3 Å². The Morgan fingerprint density at radius 2 is 1.92 bits per heavy atom. The van der Waals surface area contributed by atoms with Gasteiger partial charge in [0.25, 0.3) is 0 Å². The van der Waals surface area contributed by atoms with Gasteiger partial charge < -0.3 is 9.47 Å². The first-order valence-corrected chi connectivity index (χ1v) is 7.52. The third-order valence-electron chi connectivity index (χ3n) is 3.63. The number of hydrogen-bond acceptors (Lipinski definition) is 6. The number of aromatic nitrogens is 4. The molecule has 0 unspecified atom stereocenters. The summed E-state index contributed by atoms with van der Waals surface area (Å²) in [4.78, 5) is 11.8. The molecular weight excluding hydrogens is 332 g/mol. The Hall–Kier alpha value is -2.51. The molecule has 2 aromatic heterocycles. The standard InChI is InChI=1S/C16H15ClN4O3/c1-9-14(16(22)24-3)18-19-15-13(10-4-6-11(17)7-5-10)12(8-23-2)20-21(9)15/h4-7H,8H2,1-3H3. The summed E-state index contributed by atoms with van der Waals surface area (Å²) >= 11 is 5.96. The van der Waals surface area contributed by atoms with Crippen LogP contribution in [-0.2, 0) is 16.1 Å². The van der Waals surface area contributed by atoms with E-state index in [2.05, 4.69) is 15.3 Å². The van der Waals surface area contributed by atoms with E-state index in [1.165, 1.54) is 7.11 Å². The Bertz CT molecular complexity index is 906. The summed E-state index contributed by atoms with van der Waals surface area (Å²) in [5.74, 6) is -0.557. The highest BCUT2D eigenvalue weighted by Crippen LogP contribution is 2.29. The summed E-state index contributed by atoms with van der Waals surface area (Å²) in [6, 6.07) is 7.34. The Balaban J connectivity index is 2.27. The van der Waals surface area contributed by atoms with Crippen molar-refractivity contribution < 1.29 is 14.3 Å². The number of hydrogen-bond donors (Lipinski definition) is 0. The predicted octanol–water partition coefficient (Wildman–Crippen LogP) is 2.69. The van der Waals surface area contributed by atoms with E-state index < -0.39 is 5.97 Å². The molecule has 0 spiro atoms. The average molecular weight is 347 g/mol. The molecule has 0 aliphatic heterocycles. The zero-order valence-corrected chi connectivity index (χ0v) is 14.2. The third-order valence-corrected chi connectivity index (χ3v) is 3.88. The maximum Gasteiger partial charge on any atom is 0.360 e. The van der Waals surface area contributed by atoms with E-state index in [0.29, 0.717) is 28.7 Å². The normalized spacial score (nSPS) is 11.0. The van der Waals surface area contributed by atoms with Crippen molar-refractivity contribution in [1.29, 1.82) is 0 Å². The number of halogens is 1. The van der Waals surface area contributed by atoms with Crippen molar-refractivity contribution in [3.63, 3.8) is 0 Å². The minimum absolute atomic E-state index is 0.124. The fourth-order valence-electron chi connectivity index (χ4n) is 2.48. The molecule has 1 aromatic carbocycles. The van der Waals surface area contributed by atoms with Crippen molar-refractivity contribution in [3.05, 3.63) is 46.4 Å². The zero-order valence-electron chi connectivity index (χ0n) is 13.4. The molecule has 3 rings (SSSR count). The van der Waals surface area contributed by atoms with Crippen LogP contribution < -0.4 is 0 Å². The Labute approximate surface area is 143 Å². The van der Waals surface area contributed by atoms with E-state index in [4.69, 9.17) is 21.1 Å². The van der Waals surface area contributed by atoms with Gasteiger partial charge in [-0.3, -0.25) is 0 Å². The number of fused-ring (bicyclic) bond motifs is 1. The van der Waals surface area contributed by atoms with Gasteiger partial charge in [-0.15, -0.1) is 10.2 Å². The number of aryl methyl sites for hydroxylation is 1. The largest absolute Gasteiger partial charge is 0.464 e. The first-order valence-electron chi connectivity index (χ1n) is 7.15. The fraction of sp³-hybridized carbons (Fsp3) is 0.250. The highest BCUT2D eigenvalue weighted by atomic mass is 35.5. The van der Waals surface area contributed by atoms with E-state index >= 15 is 0 Å². The number of benzene rings is 1. The molecule has 0 amide bonds. The molecule has 0 N–H and O–H groups in total. The molecule has 0 saturated carbocycles. The van der Waals surface area contributed by atoms with Gasteiger partial charge in [0.05, 0.1) is 30.7 Å². The van der Waals surface area contributed by atoms with Crippen LogP contribution in [0.2, 0.25) is 5.02 Å². The van der Waals surface area contributed by atoms with Gasteiger partial charge >= 0.3 is 5.97 Å². The van der Waals surface area contributed by atoms with Gasteiger partial charge in [0.1, 0.15) is 0 Å². The van der Waals surface area contributed by atoms with Crippen molar-refractivity contribution >= 4 is 23.2 Å². The molecule has 0 atom stereocenters. The minimum Gasteiger partial charge on any atom is -0.464 e. The monoisotopic (exact) mass is 346 g/mol. The second-order valence-corrected chi connectivity index (χ2v) is 5.56. The number of carbonyl (C=O) groups excluding carboxylic acids is 1. The lowest BCUT2D eigenvalue weighted by Crippen LogP contribution is -2.12. The number of carbonyl (C=O) groups is 1. The second kappa shape index (κ2) is 6.54. The predicted molar refractivity (Wildman–Crippen MR) is 88.0 cm³/mol. The zero-order chi connectivity index (χ0) is 17.3. The molecule has 124 valence electrons. The summed E-state index contributed by atoms with van der Waals surface area (Å²) in [7, 11) is 2.89. The molecule has 2 heterocycles. The summed E-state index contributed by atoms with van der Waals surface area (Å²) in [6.45, 7) is 2.04. The third kappa shape index (κ3) is 2.72. The highest BCUT2D eigenvalue weighted by molar-refractivity contribution is 6.30. The second-order valence-electron chi connectivity index (χ2n) is 5.12. The van der Waals surface area contributed by atoms with Crippen LogP contribution in [0.5, 0.6) is 0 Å². The Kier molecular flexibility index (Phi) is 4.46. The number of nitrogens with zero attached hydrogens (tertiary/aromatic N) is 4. The van der Waals surface area contributed by atoms with E-state index in [9.17, 15) is 4.79 Å². The Morgan fingerprint density at radius 3 is 2.54 bits per heavy atom. The molecule has 0 radical (unpaired) electrons. The molecular formula is C16H15ClN4O3. The van der Waals surface area contributed by atoms with E-state index in [0.717, 1.165) is 11.1 Å². The van der Waals surface area contributed by atoms with Crippen LogP contribution in [0.3, 0.4) is 0 Å². The highest BCUT2D eigenvalue weighted by Gasteiger charge is 2.22. The summed E-state index contributed by atoms with van der Waals surface area (Å²) < 4.78 is 11.5. The molecule has 0 saturated heterocycles. The molecule has 8 heteroatoms. The number of methoxy groups -OCH3 is 2. The summed E-state index contributed by atoms with van der Waals surface area (Å²) in [6.07, 6.45) is 0. The van der Waals surface area contributed by atoms with Gasteiger partial charge in [0, 0.05) is 12.1 Å². The number of rotatable bonds is 4. The van der Waals surface area contributed by atoms with Crippen LogP contribution in [0, 0.1) is 6.92 Å². The van der Waals surface area contributed by atoms with Crippen molar-refractivity contribution in [2.24, 2.45) is 0 Å². The molecule has 7 nitrogen and oxygen atoms in total. The molecule has 0 fully saturated rings. The molecule has 3 aromatic rings. The van der Waals surface area contributed by atoms with Gasteiger partial charge in [-0.1, -0.05) is 23.7 Å². The van der Waals surface area contributed by atoms with Crippen molar-refractivity contribution in [3.8, 4) is 11.1 Å². The molecule has 0 aliphatic carbocycles.